The van der Waals surface area contributed by atoms with E-state index in [1.165, 1.54) is 25.4 Å². The molecule has 0 fully saturated rings. The molecular formula is C9H9N3O2. The molecule has 1 heterocycles. The molecule has 0 aliphatic heterocycles. The number of carbonyl (C=O) groups is 1. The van der Waals surface area contributed by atoms with Crippen LogP contribution in [0, 0.1) is 11.3 Å². The van der Waals surface area contributed by atoms with Crippen molar-refractivity contribution >= 4 is 5.97 Å². The second kappa shape index (κ2) is 3.44. The van der Waals surface area contributed by atoms with E-state index in [1.807, 2.05) is 6.07 Å². The lowest BCUT2D eigenvalue weighted by Gasteiger charge is -2.18. The van der Waals surface area contributed by atoms with Crippen LogP contribution in [0.5, 0.6) is 0 Å². The first-order valence-corrected chi connectivity index (χ1v) is 3.86. The number of nitrogens with two attached hydrogens (primary N) is 1. The Morgan fingerprint density at radius 2 is 2.36 bits per heavy atom. The Kier molecular flexibility index (Phi) is 2.49. The molecule has 0 saturated carbocycles. The van der Waals surface area contributed by atoms with Gasteiger partial charge in [0.25, 0.3) is 0 Å². The largest absolute Gasteiger partial charge is 0.480 e. The van der Waals surface area contributed by atoms with Crippen molar-refractivity contribution in [3.8, 4) is 6.07 Å². The summed E-state index contributed by atoms with van der Waals surface area (Å²) in [7, 11) is 0. The maximum atomic E-state index is 10.8. The van der Waals surface area contributed by atoms with E-state index < -0.39 is 11.5 Å². The van der Waals surface area contributed by atoms with Crippen molar-refractivity contribution in [2.45, 2.75) is 12.5 Å². The Morgan fingerprint density at radius 3 is 2.86 bits per heavy atom. The summed E-state index contributed by atoms with van der Waals surface area (Å²) < 4.78 is 0. The molecule has 0 aromatic carbocycles. The van der Waals surface area contributed by atoms with Gasteiger partial charge in [-0.05, 0) is 13.0 Å². The zero-order chi connectivity index (χ0) is 10.8. The number of pyridine rings is 1. The molecule has 1 atom stereocenters. The van der Waals surface area contributed by atoms with Crippen LogP contribution in [0.2, 0.25) is 0 Å². The van der Waals surface area contributed by atoms with Gasteiger partial charge < -0.3 is 10.8 Å². The van der Waals surface area contributed by atoms with E-state index in [0.717, 1.165) is 0 Å². The molecule has 14 heavy (non-hydrogen) atoms. The zero-order valence-electron chi connectivity index (χ0n) is 7.56. The molecule has 0 aliphatic rings. The summed E-state index contributed by atoms with van der Waals surface area (Å²) in [5, 5.41) is 17.4. The Balaban J connectivity index is 3.21. The first-order valence-electron chi connectivity index (χ1n) is 3.86. The van der Waals surface area contributed by atoms with Gasteiger partial charge in [-0.3, -0.25) is 4.98 Å². The molecule has 0 saturated heterocycles. The van der Waals surface area contributed by atoms with Crippen LogP contribution >= 0.6 is 0 Å². The minimum Gasteiger partial charge on any atom is -0.480 e. The number of nitriles is 1. The second-order valence-corrected chi connectivity index (χ2v) is 3.08. The number of nitrogens with zero attached hydrogens (tertiary/aromatic N) is 2. The quantitative estimate of drug-likeness (QED) is 0.696. The molecule has 0 amide bonds. The van der Waals surface area contributed by atoms with Gasteiger partial charge in [-0.15, -0.1) is 0 Å². The fraction of sp³-hybridized carbons (Fsp3) is 0.222. The van der Waals surface area contributed by atoms with Crippen LogP contribution in [0.25, 0.3) is 0 Å². The van der Waals surface area contributed by atoms with E-state index >= 15 is 0 Å². The van der Waals surface area contributed by atoms with Crippen LogP contribution in [-0.4, -0.2) is 16.1 Å². The van der Waals surface area contributed by atoms with Crippen LogP contribution in [-0.2, 0) is 10.3 Å². The fourth-order valence-electron chi connectivity index (χ4n) is 0.909. The number of carboxylic acids is 1. The van der Waals surface area contributed by atoms with E-state index in [4.69, 9.17) is 16.1 Å². The molecule has 0 aliphatic carbocycles. The van der Waals surface area contributed by atoms with Gasteiger partial charge in [-0.1, -0.05) is 0 Å². The van der Waals surface area contributed by atoms with Gasteiger partial charge in [0, 0.05) is 18.0 Å². The molecule has 1 aromatic heterocycles. The Morgan fingerprint density at radius 1 is 1.71 bits per heavy atom. The average Bonchev–Trinajstić information content (AvgIpc) is 2.17. The highest BCUT2D eigenvalue weighted by molar-refractivity contribution is 5.79. The molecular weight excluding hydrogens is 182 g/mol. The van der Waals surface area contributed by atoms with Crippen molar-refractivity contribution in [1.82, 2.24) is 4.98 Å². The number of hydrogen-bond acceptors (Lipinski definition) is 4. The predicted molar refractivity (Wildman–Crippen MR) is 48.1 cm³/mol. The topological polar surface area (TPSA) is 100 Å². The minimum absolute atomic E-state index is 0.292. The van der Waals surface area contributed by atoms with Crippen LogP contribution in [0.3, 0.4) is 0 Å². The maximum absolute atomic E-state index is 10.8. The summed E-state index contributed by atoms with van der Waals surface area (Å²) in [6.45, 7) is 1.35. The Hall–Kier alpha value is -1.93. The van der Waals surface area contributed by atoms with E-state index in [-0.39, 0.29) is 0 Å². The summed E-state index contributed by atoms with van der Waals surface area (Å²) in [4.78, 5) is 14.5. The van der Waals surface area contributed by atoms with Gasteiger partial charge in [-0.25, -0.2) is 4.79 Å². The van der Waals surface area contributed by atoms with Crippen LogP contribution in [0.4, 0.5) is 0 Å². The SMILES string of the molecule is CC(N)(C(=O)O)c1cncc(C#N)c1. The van der Waals surface area contributed by atoms with E-state index in [9.17, 15) is 4.79 Å². The van der Waals surface area contributed by atoms with Gasteiger partial charge >= 0.3 is 5.97 Å². The second-order valence-electron chi connectivity index (χ2n) is 3.08. The van der Waals surface area contributed by atoms with Crippen molar-refractivity contribution in [1.29, 1.82) is 5.26 Å². The lowest BCUT2D eigenvalue weighted by molar-refractivity contribution is -0.143. The third-order valence-electron chi connectivity index (χ3n) is 1.91. The minimum atomic E-state index is -1.51. The van der Waals surface area contributed by atoms with Gasteiger partial charge in [0.2, 0.25) is 0 Å². The maximum Gasteiger partial charge on any atom is 0.328 e. The number of carboxylic acid groups (broad SMARTS) is 1. The highest BCUT2D eigenvalue weighted by atomic mass is 16.4. The van der Waals surface area contributed by atoms with Gasteiger partial charge in [0.1, 0.15) is 11.6 Å². The Bertz CT molecular complexity index is 407. The molecule has 0 spiro atoms. The molecule has 1 unspecified atom stereocenters. The lowest BCUT2D eigenvalue weighted by Crippen LogP contribution is -2.41. The van der Waals surface area contributed by atoms with Crippen molar-refractivity contribution in [2.24, 2.45) is 5.73 Å². The summed E-state index contributed by atoms with van der Waals surface area (Å²) >= 11 is 0. The van der Waals surface area contributed by atoms with Crippen molar-refractivity contribution in [3.63, 3.8) is 0 Å². The molecule has 72 valence electrons. The summed E-state index contributed by atoms with van der Waals surface area (Å²) in [5.74, 6) is -1.16. The molecule has 5 nitrogen and oxygen atoms in total. The van der Waals surface area contributed by atoms with Crippen molar-refractivity contribution in [3.05, 3.63) is 29.6 Å². The smallest absolute Gasteiger partial charge is 0.328 e. The monoisotopic (exact) mass is 191 g/mol. The van der Waals surface area contributed by atoms with Gasteiger partial charge in [-0.2, -0.15) is 5.26 Å². The molecule has 0 radical (unpaired) electrons. The number of aromatic nitrogens is 1. The third kappa shape index (κ3) is 1.70. The lowest BCUT2D eigenvalue weighted by atomic mass is 9.94. The van der Waals surface area contributed by atoms with Crippen LogP contribution in [0.15, 0.2) is 18.5 Å². The third-order valence-corrected chi connectivity index (χ3v) is 1.91. The number of hydrogen-bond donors (Lipinski definition) is 2. The Labute approximate surface area is 80.8 Å². The van der Waals surface area contributed by atoms with Gasteiger partial charge in [0.05, 0.1) is 5.56 Å². The molecule has 1 rings (SSSR count). The summed E-state index contributed by atoms with van der Waals surface area (Å²) in [6, 6.07) is 3.29. The number of rotatable bonds is 2. The first kappa shape index (κ1) is 10.2. The highest BCUT2D eigenvalue weighted by Crippen LogP contribution is 2.17. The van der Waals surface area contributed by atoms with Gasteiger partial charge in [0.15, 0.2) is 0 Å². The summed E-state index contributed by atoms with van der Waals surface area (Å²) in [5.41, 5.74) is 4.64. The average molecular weight is 191 g/mol. The molecule has 0 bridgehead atoms. The molecule has 1 aromatic rings. The normalized spacial score (nSPS) is 14.1. The molecule has 3 N–H and O–H groups in total. The fourth-order valence-corrected chi connectivity index (χ4v) is 0.909. The standard InChI is InChI=1S/C9H9N3O2/c1-9(11,8(13)14)7-2-6(3-10)4-12-5-7/h2,4-5H,11H2,1H3,(H,13,14). The van der Waals surface area contributed by atoms with Crippen molar-refractivity contribution < 1.29 is 9.90 Å². The zero-order valence-corrected chi connectivity index (χ0v) is 7.56. The van der Waals surface area contributed by atoms with Crippen LogP contribution < -0.4 is 5.73 Å². The van der Waals surface area contributed by atoms with E-state index in [0.29, 0.717) is 11.1 Å². The molecule has 5 heteroatoms. The van der Waals surface area contributed by atoms with Crippen molar-refractivity contribution in [2.75, 3.05) is 0 Å². The first-order chi connectivity index (χ1) is 6.48. The van der Waals surface area contributed by atoms with E-state index in [1.54, 1.807) is 0 Å². The number of aliphatic carboxylic acids is 1. The predicted octanol–water partition coefficient (Wildman–Crippen LogP) is 0.212. The van der Waals surface area contributed by atoms with E-state index in [2.05, 4.69) is 4.98 Å². The highest BCUT2D eigenvalue weighted by Gasteiger charge is 2.30. The van der Waals surface area contributed by atoms with Crippen LogP contribution in [0.1, 0.15) is 18.1 Å². The summed E-state index contributed by atoms with van der Waals surface area (Å²) in [6.07, 6.45) is 2.69.